The second-order valence-corrected chi connectivity index (χ2v) is 7.94. The highest BCUT2D eigenvalue weighted by atomic mass is 16.5. The Morgan fingerprint density at radius 3 is 2.30 bits per heavy atom. The van der Waals surface area contributed by atoms with E-state index in [0.29, 0.717) is 0 Å². The third-order valence-electron chi connectivity index (χ3n) is 5.76. The Bertz CT molecular complexity index is 1250. The first kappa shape index (κ1) is 22.7. The molecule has 0 aliphatic heterocycles. The lowest BCUT2D eigenvalue weighted by Crippen LogP contribution is -2.56. The monoisotopic (exact) mass is 462 g/mol. The number of ether oxygens (including phenoxy) is 1. The number of aliphatic hydroxyl groups excluding tert-OH is 4. The van der Waals surface area contributed by atoms with Crippen molar-refractivity contribution in [2.75, 3.05) is 6.61 Å². The molecule has 1 aromatic heterocycles. The minimum atomic E-state index is -1.67. The van der Waals surface area contributed by atoms with E-state index in [1.807, 2.05) is 0 Å². The average Bonchev–Trinajstić information content (AvgIpc) is 2.76. The van der Waals surface area contributed by atoms with Crippen LogP contribution in [0.3, 0.4) is 0 Å². The van der Waals surface area contributed by atoms with Crippen molar-refractivity contribution in [3.63, 3.8) is 0 Å². The Balaban J connectivity index is 1.91. The van der Waals surface area contributed by atoms with Crippen LogP contribution in [0.25, 0.3) is 22.3 Å². The Morgan fingerprint density at radius 2 is 1.64 bits per heavy atom. The van der Waals surface area contributed by atoms with Crippen LogP contribution >= 0.6 is 0 Å². The molecular weight excluding hydrogens is 440 g/mol. The first-order valence-corrected chi connectivity index (χ1v) is 9.99. The Morgan fingerprint density at radius 1 is 0.909 bits per heavy atom. The van der Waals surface area contributed by atoms with E-state index >= 15 is 0 Å². The number of phenolic OH excluding ortho intramolecular Hbond substituents is 4. The molecule has 5 atom stereocenters. The summed E-state index contributed by atoms with van der Waals surface area (Å²) in [5.74, 6) is -3.58. The summed E-state index contributed by atoms with van der Waals surface area (Å²) in [4.78, 5) is 13.3. The molecule has 1 saturated carbocycles. The first-order valence-electron chi connectivity index (χ1n) is 9.99. The lowest BCUT2D eigenvalue weighted by molar-refractivity contribution is -0.157. The van der Waals surface area contributed by atoms with Crippen molar-refractivity contribution in [3.8, 4) is 40.1 Å². The summed E-state index contributed by atoms with van der Waals surface area (Å²) in [5.41, 5.74) is -1.02. The topological polar surface area (TPSA) is 201 Å². The summed E-state index contributed by atoms with van der Waals surface area (Å²) >= 11 is 0. The van der Waals surface area contributed by atoms with Gasteiger partial charge in [-0.1, -0.05) is 0 Å². The van der Waals surface area contributed by atoms with Crippen LogP contribution in [0.1, 0.15) is 6.42 Å². The van der Waals surface area contributed by atoms with Crippen LogP contribution in [0.15, 0.2) is 39.5 Å². The quantitative estimate of drug-likeness (QED) is 0.245. The Labute approximate surface area is 185 Å². The molecule has 0 spiro atoms. The number of benzene rings is 2. The third kappa shape index (κ3) is 3.91. The van der Waals surface area contributed by atoms with Gasteiger partial charge in [0.1, 0.15) is 40.8 Å². The normalized spacial score (nSPS) is 25.3. The molecule has 0 unspecified atom stereocenters. The summed E-state index contributed by atoms with van der Waals surface area (Å²) in [5, 5.41) is 79.3. The summed E-state index contributed by atoms with van der Waals surface area (Å²) in [6, 6.07) is 5.53. The van der Waals surface area contributed by atoms with E-state index < -0.39 is 65.4 Å². The van der Waals surface area contributed by atoms with Gasteiger partial charge < -0.3 is 50.0 Å². The fraction of sp³-hybridized carbons (Fsp3) is 0.318. The molecular formula is C22H22O11. The highest BCUT2D eigenvalue weighted by Crippen LogP contribution is 2.39. The van der Waals surface area contributed by atoms with Crippen LogP contribution < -0.4 is 10.2 Å². The van der Waals surface area contributed by atoms with Crippen LogP contribution in [0.4, 0.5) is 0 Å². The lowest BCUT2D eigenvalue weighted by atomic mass is 9.81. The highest BCUT2D eigenvalue weighted by molar-refractivity contribution is 5.88. The van der Waals surface area contributed by atoms with Gasteiger partial charge in [-0.05, 0) is 24.6 Å². The van der Waals surface area contributed by atoms with Gasteiger partial charge in [0.2, 0.25) is 11.2 Å². The molecule has 33 heavy (non-hydrogen) atoms. The smallest absolute Gasteiger partial charge is 0.239 e. The van der Waals surface area contributed by atoms with Crippen molar-refractivity contribution in [3.05, 3.63) is 40.6 Å². The SMILES string of the molecule is O=c1c(O[C@@H]2C[C@@H](CO)[C@H](O)[C@@H](O)[C@@H]2O)c(-c2ccc(O)c(O)c2)oc2cc(O)cc(O)c12. The molecule has 1 fully saturated rings. The molecule has 8 N–H and O–H groups in total. The molecule has 0 radical (unpaired) electrons. The van der Waals surface area contributed by atoms with Crippen molar-refractivity contribution in [2.24, 2.45) is 5.92 Å². The maximum absolute atomic E-state index is 13.3. The average molecular weight is 462 g/mol. The van der Waals surface area contributed by atoms with E-state index in [1.165, 1.54) is 6.07 Å². The molecule has 1 aliphatic carbocycles. The van der Waals surface area contributed by atoms with Gasteiger partial charge in [-0.3, -0.25) is 4.79 Å². The summed E-state index contributed by atoms with van der Waals surface area (Å²) in [6.45, 7) is -0.518. The van der Waals surface area contributed by atoms with Gasteiger partial charge in [-0.2, -0.15) is 0 Å². The summed E-state index contributed by atoms with van der Waals surface area (Å²) in [6.07, 6.45) is -6.11. The largest absolute Gasteiger partial charge is 0.508 e. The first-order chi connectivity index (χ1) is 15.6. The number of aliphatic hydroxyl groups is 4. The van der Waals surface area contributed by atoms with Crippen LogP contribution in [0, 0.1) is 5.92 Å². The standard InChI is InChI=1S/C22H22O11/c23-7-9-4-15(18(29)20(31)17(9)28)33-22-19(30)16-13(27)5-10(24)6-14(16)32-21(22)8-1-2-11(25)12(26)3-8/h1-3,5-6,9,15,17-18,20,23-29,31H,4,7H2/t9-,15+,17-,18+,20+/m0/s1. The molecule has 11 heteroatoms. The predicted molar refractivity (Wildman–Crippen MR) is 112 cm³/mol. The van der Waals surface area contributed by atoms with Gasteiger partial charge in [0, 0.05) is 30.2 Å². The second-order valence-electron chi connectivity index (χ2n) is 7.94. The van der Waals surface area contributed by atoms with E-state index in [9.17, 15) is 45.6 Å². The van der Waals surface area contributed by atoms with Gasteiger partial charge in [0.05, 0.1) is 6.10 Å². The molecule has 1 heterocycles. The number of fused-ring (bicyclic) bond motifs is 1. The van der Waals surface area contributed by atoms with Crippen molar-refractivity contribution in [1.82, 2.24) is 0 Å². The molecule has 176 valence electrons. The molecule has 4 rings (SSSR count). The Hall–Kier alpha value is -3.51. The van der Waals surface area contributed by atoms with Crippen molar-refractivity contribution in [2.45, 2.75) is 30.8 Å². The van der Waals surface area contributed by atoms with Gasteiger partial charge in [0.15, 0.2) is 17.3 Å². The van der Waals surface area contributed by atoms with Crippen molar-refractivity contribution < 1.29 is 50.0 Å². The lowest BCUT2D eigenvalue weighted by Gasteiger charge is -2.39. The van der Waals surface area contributed by atoms with E-state index in [0.717, 1.165) is 24.3 Å². The van der Waals surface area contributed by atoms with Gasteiger partial charge in [-0.15, -0.1) is 0 Å². The van der Waals surface area contributed by atoms with E-state index in [4.69, 9.17) is 9.15 Å². The number of hydrogen-bond donors (Lipinski definition) is 8. The van der Waals surface area contributed by atoms with E-state index in [2.05, 4.69) is 0 Å². The van der Waals surface area contributed by atoms with E-state index in [1.54, 1.807) is 0 Å². The van der Waals surface area contributed by atoms with Crippen LogP contribution in [-0.2, 0) is 0 Å². The van der Waals surface area contributed by atoms with Crippen molar-refractivity contribution >= 4 is 11.0 Å². The zero-order valence-electron chi connectivity index (χ0n) is 17.0. The molecule has 0 amide bonds. The van der Waals surface area contributed by atoms with Gasteiger partial charge >= 0.3 is 0 Å². The maximum Gasteiger partial charge on any atom is 0.239 e. The highest BCUT2D eigenvalue weighted by Gasteiger charge is 2.44. The molecule has 2 aromatic carbocycles. The molecule has 3 aromatic rings. The minimum absolute atomic E-state index is 0.0757. The molecule has 1 aliphatic rings. The van der Waals surface area contributed by atoms with Gasteiger partial charge in [-0.25, -0.2) is 0 Å². The molecule has 0 bridgehead atoms. The van der Waals surface area contributed by atoms with E-state index in [-0.39, 0.29) is 34.5 Å². The number of hydrogen-bond acceptors (Lipinski definition) is 11. The second kappa shape index (κ2) is 8.45. The fourth-order valence-corrected chi connectivity index (χ4v) is 3.96. The van der Waals surface area contributed by atoms with Gasteiger partial charge in [0.25, 0.3) is 0 Å². The summed E-state index contributed by atoms with van der Waals surface area (Å²) < 4.78 is 11.5. The fourth-order valence-electron chi connectivity index (χ4n) is 3.96. The minimum Gasteiger partial charge on any atom is -0.508 e. The summed E-state index contributed by atoms with van der Waals surface area (Å²) in [7, 11) is 0. The molecule has 11 nitrogen and oxygen atoms in total. The Kier molecular flexibility index (Phi) is 5.80. The third-order valence-corrected chi connectivity index (χ3v) is 5.76. The molecule has 0 saturated heterocycles. The number of phenols is 4. The predicted octanol–water partition coefficient (Wildman–Crippen LogP) is 0.125. The number of aromatic hydroxyl groups is 4. The maximum atomic E-state index is 13.3. The van der Waals surface area contributed by atoms with Crippen LogP contribution in [-0.4, -0.2) is 71.9 Å². The van der Waals surface area contributed by atoms with Crippen LogP contribution in [0.2, 0.25) is 0 Å². The van der Waals surface area contributed by atoms with Crippen LogP contribution in [0.5, 0.6) is 28.7 Å². The zero-order chi connectivity index (χ0) is 24.0. The zero-order valence-corrected chi connectivity index (χ0v) is 17.0. The number of rotatable bonds is 4. The van der Waals surface area contributed by atoms with Crippen molar-refractivity contribution in [1.29, 1.82) is 0 Å².